The van der Waals surface area contributed by atoms with E-state index in [-0.39, 0.29) is 11.8 Å². The Morgan fingerprint density at radius 2 is 1.76 bits per heavy atom. The molecular formula is C23H29N5O. The number of amides is 1. The van der Waals surface area contributed by atoms with E-state index < -0.39 is 0 Å². The Balaban J connectivity index is 1.63. The summed E-state index contributed by atoms with van der Waals surface area (Å²) in [5.41, 5.74) is 3.62. The van der Waals surface area contributed by atoms with Crippen molar-refractivity contribution in [2.75, 3.05) is 31.1 Å². The van der Waals surface area contributed by atoms with Gasteiger partial charge in [0.25, 0.3) is 0 Å². The minimum atomic E-state index is 0.201. The molecule has 0 spiro atoms. The van der Waals surface area contributed by atoms with Crippen molar-refractivity contribution in [2.45, 2.75) is 40.0 Å². The van der Waals surface area contributed by atoms with Crippen molar-refractivity contribution < 1.29 is 4.79 Å². The van der Waals surface area contributed by atoms with Gasteiger partial charge in [-0.15, -0.1) is 0 Å². The number of nitriles is 1. The summed E-state index contributed by atoms with van der Waals surface area (Å²) in [6, 6.07) is 12.3. The van der Waals surface area contributed by atoms with Crippen LogP contribution in [0.3, 0.4) is 0 Å². The summed E-state index contributed by atoms with van der Waals surface area (Å²) in [6.45, 7) is 11.0. The highest BCUT2D eigenvalue weighted by atomic mass is 16.2. The topological polar surface area (TPSA) is 73.1 Å². The van der Waals surface area contributed by atoms with Crippen LogP contribution in [0.1, 0.15) is 48.7 Å². The van der Waals surface area contributed by atoms with E-state index in [1.165, 1.54) is 11.1 Å². The van der Waals surface area contributed by atoms with E-state index in [1.54, 1.807) is 6.07 Å². The highest BCUT2D eigenvalue weighted by Crippen LogP contribution is 2.29. The Morgan fingerprint density at radius 1 is 1.10 bits per heavy atom. The zero-order valence-electron chi connectivity index (χ0n) is 17.7. The number of rotatable bonds is 5. The molecule has 152 valence electrons. The fourth-order valence-corrected chi connectivity index (χ4v) is 3.78. The second kappa shape index (κ2) is 9.04. The molecule has 0 saturated carbocycles. The Morgan fingerprint density at radius 3 is 2.34 bits per heavy atom. The molecule has 1 aliphatic heterocycles. The van der Waals surface area contributed by atoms with Gasteiger partial charge in [0.15, 0.2) is 0 Å². The minimum Gasteiger partial charge on any atom is -0.339 e. The third-order valence-electron chi connectivity index (χ3n) is 5.58. The molecule has 1 fully saturated rings. The van der Waals surface area contributed by atoms with E-state index >= 15 is 0 Å². The van der Waals surface area contributed by atoms with Gasteiger partial charge in [-0.25, -0.2) is 9.97 Å². The fraction of sp³-hybridized carbons (Fsp3) is 0.478. The molecule has 3 rings (SSSR count). The smallest absolute Gasteiger partial charge is 0.226 e. The standard InChI is InChI=1S/C23H29N5O/c1-16(2)21(19-7-5-17(3)6-8-19)14-22(29)27-9-11-28(12-10-27)23-25-18(4)13-20(15-24)26-23/h5-8,13,16,21H,9-12,14H2,1-4H3. The Bertz CT molecular complexity index is 892. The van der Waals surface area contributed by atoms with Crippen molar-refractivity contribution in [1.82, 2.24) is 14.9 Å². The summed E-state index contributed by atoms with van der Waals surface area (Å²) in [7, 11) is 0. The molecule has 2 aromatic rings. The third-order valence-corrected chi connectivity index (χ3v) is 5.58. The average Bonchev–Trinajstić information content (AvgIpc) is 2.72. The Kier molecular flexibility index (Phi) is 6.48. The number of hydrogen-bond acceptors (Lipinski definition) is 5. The van der Waals surface area contributed by atoms with Crippen molar-refractivity contribution in [3.05, 3.63) is 52.8 Å². The van der Waals surface area contributed by atoms with Crippen molar-refractivity contribution in [3.63, 3.8) is 0 Å². The second-order valence-electron chi connectivity index (χ2n) is 8.14. The van der Waals surface area contributed by atoms with Crippen LogP contribution in [0.4, 0.5) is 5.95 Å². The minimum absolute atomic E-state index is 0.201. The highest BCUT2D eigenvalue weighted by Gasteiger charge is 2.26. The summed E-state index contributed by atoms with van der Waals surface area (Å²) in [5.74, 6) is 1.40. The zero-order chi connectivity index (χ0) is 21.0. The highest BCUT2D eigenvalue weighted by molar-refractivity contribution is 5.77. The largest absolute Gasteiger partial charge is 0.339 e. The molecule has 1 atom stereocenters. The van der Waals surface area contributed by atoms with Crippen LogP contribution in [0.2, 0.25) is 0 Å². The second-order valence-corrected chi connectivity index (χ2v) is 8.14. The van der Waals surface area contributed by atoms with Crippen LogP contribution >= 0.6 is 0 Å². The molecule has 0 aliphatic carbocycles. The molecular weight excluding hydrogens is 362 g/mol. The van der Waals surface area contributed by atoms with Gasteiger partial charge in [-0.1, -0.05) is 43.7 Å². The molecule has 6 heteroatoms. The molecule has 1 aliphatic rings. The first-order valence-electron chi connectivity index (χ1n) is 10.2. The van der Waals surface area contributed by atoms with Crippen LogP contribution in [0, 0.1) is 31.1 Å². The number of aromatic nitrogens is 2. The van der Waals surface area contributed by atoms with E-state index in [2.05, 4.69) is 66.0 Å². The molecule has 2 heterocycles. The van der Waals surface area contributed by atoms with Gasteiger partial charge in [0.05, 0.1) is 0 Å². The monoisotopic (exact) mass is 391 g/mol. The average molecular weight is 392 g/mol. The fourth-order valence-electron chi connectivity index (χ4n) is 3.78. The SMILES string of the molecule is Cc1ccc(C(CC(=O)N2CCN(c3nc(C)cc(C#N)n3)CC2)C(C)C)cc1. The molecule has 0 radical (unpaired) electrons. The molecule has 1 unspecified atom stereocenters. The predicted molar refractivity (Wildman–Crippen MR) is 114 cm³/mol. The summed E-state index contributed by atoms with van der Waals surface area (Å²) >= 11 is 0. The van der Waals surface area contributed by atoms with E-state index in [1.807, 2.05) is 11.8 Å². The molecule has 1 aromatic heterocycles. The van der Waals surface area contributed by atoms with E-state index in [0.29, 0.717) is 50.2 Å². The first kappa shape index (κ1) is 20.8. The molecule has 6 nitrogen and oxygen atoms in total. The summed E-state index contributed by atoms with van der Waals surface area (Å²) in [4.78, 5) is 25.8. The van der Waals surface area contributed by atoms with Crippen molar-refractivity contribution in [3.8, 4) is 6.07 Å². The van der Waals surface area contributed by atoms with Gasteiger partial charge >= 0.3 is 0 Å². The van der Waals surface area contributed by atoms with Crippen LogP contribution in [0.5, 0.6) is 0 Å². The van der Waals surface area contributed by atoms with Crippen LogP contribution in [-0.2, 0) is 4.79 Å². The molecule has 1 aromatic carbocycles. The number of carbonyl (C=O) groups excluding carboxylic acids is 1. The van der Waals surface area contributed by atoms with Gasteiger partial charge in [0.2, 0.25) is 11.9 Å². The first-order valence-corrected chi connectivity index (χ1v) is 10.2. The van der Waals surface area contributed by atoms with Gasteiger partial charge in [0, 0.05) is 38.3 Å². The summed E-state index contributed by atoms with van der Waals surface area (Å²) in [6.07, 6.45) is 0.528. The summed E-state index contributed by atoms with van der Waals surface area (Å²) < 4.78 is 0. The quantitative estimate of drug-likeness (QED) is 0.781. The lowest BCUT2D eigenvalue weighted by Crippen LogP contribution is -2.49. The van der Waals surface area contributed by atoms with Gasteiger partial charge in [-0.05, 0) is 37.3 Å². The van der Waals surface area contributed by atoms with Crippen molar-refractivity contribution in [2.24, 2.45) is 5.92 Å². The molecule has 29 heavy (non-hydrogen) atoms. The molecule has 1 amide bonds. The van der Waals surface area contributed by atoms with Gasteiger partial charge < -0.3 is 9.80 Å². The number of hydrogen-bond donors (Lipinski definition) is 0. The van der Waals surface area contributed by atoms with Crippen LogP contribution < -0.4 is 4.90 Å². The maximum Gasteiger partial charge on any atom is 0.226 e. The van der Waals surface area contributed by atoms with Crippen molar-refractivity contribution in [1.29, 1.82) is 5.26 Å². The van der Waals surface area contributed by atoms with E-state index in [4.69, 9.17) is 5.26 Å². The van der Waals surface area contributed by atoms with Gasteiger partial charge in [-0.3, -0.25) is 4.79 Å². The van der Waals surface area contributed by atoms with Crippen LogP contribution in [0.15, 0.2) is 30.3 Å². The van der Waals surface area contributed by atoms with Gasteiger partial charge in [0.1, 0.15) is 11.8 Å². The lowest BCUT2D eigenvalue weighted by molar-refractivity contribution is -0.132. The number of anilines is 1. The lowest BCUT2D eigenvalue weighted by Gasteiger charge is -2.36. The summed E-state index contributed by atoms with van der Waals surface area (Å²) in [5, 5.41) is 9.13. The predicted octanol–water partition coefficient (Wildman–Crippen LogP) is 3.44. The molecule has 1 saturated heterocycles. The number of carbonyl (C=O) groups is 1. The number of piperazine rings is 1. The lowest BCUT2D eigenvalue weighted by atomic mass is 9.85. The maximum atomic E-state index is 13.0. The number of aryl methyl sites for hydroxylation is 2. The zero-order valence-corrected chi connectivity index (χ0v) is 17.7. The van der Waals surface area contributed by atoms with E-state index in [0.717, 1.165) is 5.69 Å². The van der Waals surface area contributed by atoms with E-state index in [9.17, 15) is 4.79 Å². The van der Waals surface area contributed by atoms with Crippen LogP contribution in [-0.4, -0.2) is 47.0 Å². The maximum absolute atomic E-state index is 13.0. The van der Waals surface area contributed by atoms with Gasteiger partial charge in [-0.2, -0.15) is 5.26 Å². The number of nitrogens with zero attached hydrogens (tertiary/aromatic N) is 5. The third kappa shape index (κ3) is 5.11. The molecule has 0 bridgehead atoms. The Labute approximate surface area is 173 Å². The number of benzene rings is 1. The van der Waals surface area contributed by atoms with Crippen molar-refractivity contribution >= 4 is 11.9 Å². The molecule has 0 N–H and O–H groups in total. The normalized spacial score (nSPS) is 15.3. The van der Waals surface area contributed by atoms with Crippen LogP contribution in [0.25, 0.3) is 0 Å². The Hall–Kier alpha value is -2.94. The first-order chi connectivity index (χ1) is 13.9.